The largest absolute Gasteiger partial charge is 0.384 e. The fraction of sp³-hybridized carbons (Fsp3) is 0.0800. The lowest BCUT2D eigenvalue weighted by molar-refractivity contribution is -0.384. The molecule has 0 atom stereocenters. The number of nitro groups is 1. The molecule has 0 bridgehead atoms. The number of nitrogens with one attached hydrogen (secondary N) is 1. The number of carbonyl (C=O) groups is 1. The summed E-state index contributed by atoms with van der Waals surface area (Å²) >= 11 is 0. The molecule has 0 aliphatic heterocycles. The highest BCUT2D eigenvalue weighted by Crippen LogP contribution is 2.35. The molecule has 0 unspecified atom stereocenters. The second-order valence-corrected chi connectivity index (χ2v) is 10.0. The number of anilines is 1. The minimum absolute atomic E-state index is 0.0428. The van der Waals surface area contributed by atoms with E-state index in [1.165, 1.54) is 41.0 Å². The molecule has 3 aromatic carbocycles. The highest BCUT2D eigenvalue weighted by atomic mass is 32.2. The van der Waals surface area contributed by atoms with Crippen molar-refractivity contribution in [1.82, 2.24) is 19.9 Å². The number of sulfone groups is 1. The summed E-state index contributed by atoms with van der Waals surface area (Å²) in [5, 5.41) is 13.6. The highest BCUT2D eigenvalue weighted by Gasteiger charge is 2.30. The Hall–Kier alpha value is -4.84. The molecule has 5 rings (SSSR count). The van der Waals surface area contributed by atoms with Crippen molar-refractivity contribution in [3.05, 3.63) is 94.5 Å². The van der Waals surface area contributed by atoms with E-state index >= 15 is 0 Å². The van der Waals surface area contributed by atoms with Crippen molar-refractivity contribution in [3.8, 4) is 0 Å². The van der Waals surface area contributed by atoms with Gasteiger partial charge in [0.2, 0.25) is 9.84 Å². The summed E-state index contributed by atoms with van der Waals surface area (Å²) in [4.78, 5) is 32.0. The van der Waals surface area contributed by atoms with E-state index in [1.807, 2.05) is 0 Å². The molecule has 0 radical (unpaired) electrons. The number of nitrogens with zero attached hydrogens (tertiary/aromatic N) is 4. The molecule has 0 aliphatic carbocycles. The van der Waals surface area contributed by atoms with E-state index in [1.54, 1.807) is 42.5 Å². The van der Waals surface area contributed by atoms with E-state index in [4.69, 9.17) is 5.73 Å². The third kappa shape index (κ3) is 4.34. The van der Waals surface area contributed by atoms with E-state index < -0.39 is 20.7 Å². The lowest BCUT2D eigenvalue weighted by Gasteiger charge is -2.10. The van der Waals surface area contributed by atoms with Crippen molar-refractivity contribution < 1.29 is 18.1 Å². The van der Waals surface area contributed by atoms with E-state index in [0.717, 1.165) is 0 Å². The second-order valence-electron chi connectivity index (χ2n) is 8.13. The van der Waals surface area contributed by atoms with Crippen LogP contribution in [0.3, 0.4) is 0 Å². The molecule has 2 aromatic heterocycles. The number of nitrogens with two attached hydrogens (primary N) is 1. The summed E-state index contributed by atoms with van der Waals surface area (Å²) in [5.41, 5.74) is 8.02. The quantitative estimate of drug-likeness (QED) is 0.246. The fourth-order valence-electron chi connectivity index (χ4n) is 4.02. The molecular formula is C25H20N6O5S. The summed E-state index contributed by atoms with van der Waals surface area (Å²) in [6.45, 7) is 0.196. The van der Waals surface area contributed by atoms with Crippen LogP contribution in [-0.4, -0.2) is 40.3 Å². The van der Waals surface area contributed by atoms with Gasteiger partial charge in [0.15, 0.2) is 5.65 Å². The Kier molecular flexibility index (Phi) is 6.01. The first-order valence-electron chi connectivity index (χ1n) is 11.1. The maximum absolute atomic E-state index is 13.6. The first-order chi connectivity index (χ1) is 17.8. The number of nitro benzene ring substituents is 1. The number of aromatic nitrogens is 3. The summed E-state index contributed by atoms with van der Waals surface area (Å²) in [6, 6.07) is 20.2. The van der Waals surface area contributed by atoms with Crippen LogP contribution < -0.4 is 11.1 Å². The van der Waals surface area contributed by atoms with Crippen LogP contribution in [0.2, 0.25) is 0 Å². The zero-order chi connectivity index (χ0) is 26.2. The third-order valence-electron chi connectivity index (χ3n) is 5.83. The Balaban J connectivity index is 1.52. The number of nitrogen functional groups attached to an aromatic ring is 1. The smallest absolute Gasteiger partial charge is 0.269 e. The number of benzene rings is 3. The van der Waals surface area contributed by atoms with E-state index in [2.05, 4.69) is 15.3 Å². The Bertz CT molecular complexity index is 1770. The van der Waals surface area contributed by atoms with Gasteiger partial charge in [0.25, 0.3) is 11.6 Å². The summed E-state index contributed by atoms with van der Waals surface area (Å²) in [5.74, 6) is -0.489. The minimum Gasteiger partial charge on any atom is -0.384 e. The van der Waals surface area contributed by atoms with Crippen molar-refractivity contribution in [2.45, 2.75) is 16.3 Å². The Labute approximate surface area is 210 Å². The highest BCUT2D eigenvalue weighted by molar-refractivity contribution is 7.92. The molecule has 0 fully saturated rings. The summed E-state index contributed by atoms with van der Waals surface area (Å²) in [6.07, 6.45) is 0. The average Bonchev–Trinajstić information content (AvgIpc) is 3.18. The molecule has 11 nitrogen and oxygen atoms in total. The van der Waals surface area contributed by atoms with Gasteiger partial charge in [0.05, 0.1) is 20.9 Å². The average molecular weight is 517 g/mol. The molecule has 3 N–H and O–H groups in total. The topological polar surface area (TPSA) is 163 Å². The van der Waals surface area contributed by atoms with Gasteiger partial charge in [-0.1, -0.05) is 30.3 Å². The standard InChI is InChI=1S/C25H20N6O5S/c26-23-22(37(35,36)18-6-2-1-3-7-18)21-24(29-20-9-5-4-8-19(20)28-21)30(23)15-14-27-25(32)16-10-12-17(13-11-16)31(33)34/h1-13H,14-15,26H2,(H,27,32). The summed E-state index contributed by atoms with van der Waals surface area (Å²) < 4.78 is 28.7. The molecule has 1 amide bonds. The fourth-order valence-corrected chi connectivity index (χ4v) is 5.54. The van der Waals surface area contributed by atoms with Gasteiger partial charge in [-0.15, -0.1) is 0 Å². The number of hydrogen-bond donors (Lipinski definition) is 2. The van der Waals surface area contributed by atoms with Crippen LogP contribution in [0, 0.1) is 10.1 Å². The molecule has 0 saturated carbocycles. The van der Waals surface area contributed by atoms with Crippen molar-refractivity contribution >= 4 is 49.4 Å². The second kappa shape index (κ2) is 9.32. The molecule has 37 heavy (non-hydrogen) atoms. The zero-order valence-corrected chi connectivity index (χ0v) is 20.1. The lowest BCUT2D eigenvalue weighted by Crippen LogP contribution is -2.27. The van der Waals surface area contributed by atoms with Crippen molar-refractivity contribution in [3.63, 3.8) is 0 Å². The number of para-hydroxylation sites is 2. The van der Waals surface area contributed by atoms with Gasteiger partial charge in [-0.05, 0) is 36.4 Å². The Morgan fingerprint density at radius 3 is 2.22 bits per heavy atom. The Morgan fingerprint density at radius 2 is 1.57 bits per heavy atom. The van der Waals surface area contributed by atoms with Gasteiger partial charge in [0, 0.05) is 30.8 Å². The number of hydrogen-bond acceptors (Lipinski definition) is 8. The van der Waals surface area contributed by atoms with E-state index in [9.17, 15) is 23.3 Å². The van der Waals surface area contributed by atoms with Crippen LogP contribution in [0.1, 0.15) is 10.4 Å². The van der Waals surface area contributed by atoms with Crippen LogP contribution in [0.5, 0.6) is 0 Å². The molecule has 2 heterocycles. The van der Waals surface area contributed by atoms with Crippen molar-refractivity contribution in [1.29, 1.82) is 0 Å². The van der Waals surface area contributed by atoms with Gasteiger partial charge in [-0.25, -0.2) is 18.4 Å². The van der Waals surface area contributed by atoms with Gasteiger partial charge >= 0.3 is 0 Å². The van der Waals surface area contributed by atoms with Crippen molar-refractivity contribution in [2.75, 3.05) is 12.3 Å². The first kappa shape index (κ1) is 23.9. The maximum Gasteiger partial charge on any atom is 0.269 e. The molecule has 12 heteroatoms. The van der Waals surface area contributed by atoms with Crippen LogP contribution >= 0.6 is 0 Å². The van der Waals surface area contributed by atoms with Crippen LogP contribution in [0.4, 0.5) is 11.5 Å². The molecule has 0 saturated heterocycles. The number of rotatable bonds is 7. The summed E-state index contributed by atoms with van der Waals surface area (Å²) in [7, 11) is -4.03. The molecular weight excluding hydrogens is 496 g/mol. The van der Waals surface area contributed by atoms with Crippen molar-refractivity contribution in [2.24, 2.45) is 0 Å². The number of carbonyl (C=O) groups excluding carboxylic acids is 1. The van der Waals surface area contributed by atoms with Gasteiger partial charge in [-0.3, -0.25) is 14.9 Å². The zero-order valence-electron chi connectivity index (χ0n) is 19.2. The maximum atomic E-state index is 13.6. The molecule has 186 valence electrons. The van der Waals surface area contributed by atoms with E-state index in [0.29, 0.717) is 11.0 Å². The normalized spacial score (nSPS) is 11.6. The molecule has 0 aliphatic rings. The van der Waals surface area contributed by atoms with Gasteiger partial charge in [-0.2, -0.15) is 0 Å². The monoisotopic (exact) mass is 516 g/mol. The first-order valence-corrected chi connectivity index (χ1v) is 12.6. The predicted molar refractivity (Wildman–Crippen MR) is 137 cm³/mol. The number of non-ortho nitro benzene ring substituents is 1. The third-order valence-corrected chi connectivity index (χ3v) is 7.66. The van der Waals surface area contributed by atoms with Gasteiger partial charge < -0.3 is 15.6 Å². The molecule has 0 spiro atoms. The predicted octanol–water partition coefficient (Wildman–Crippen LogP) is 3.34. The minimum atomic E-state index is -4.03. The lowest BCUT2D eigenvalue weighted by atomic mass is 10.2. The van der Waals surface area contributed by atoms with Crippen LogP contribution in [-0.2, 0) is 16.4 Å². The van der Waals surface area contributed by atoms with Crippen LogP contribution in [0.15, 0.2) is 88.7 Å². The number of amides is 1. The van der Waals surface area contributed by atoms with E-state index in [-0.39, 0.29) is 51.1 Å². The number of fused-ring (bicyclic) bond motifs is 2. The molecule has 5 aromatic rings. The van der Waals surface area contributed by atoms with Gasteiger partial charge in [0.1, 0.15) is 16.2 Å². The SMILES string of the molecule is Nc1c(S(=O)(=O)c2ccccc2)c2nc3ccccc3nc2n1CCNC(=O)c1ccc([N+](=O)[O-])cc1. The Morgan fingerprint density at radius 1 is 0.946 bits per heavy atom. The van der Waals surface area contributed by atoms with Crippen LogP contribution in [0.25, 0.3) is 22.2 Å².